The molecule has 3 rings (SSSR count). The van der Waals surface area contributed by atoms with E-state index in [2.05, 4.69) is 11.5 Å². The minimum atomic E-state index is -0.975. The van der Waals surface area contributed by atoms with Crippen LogP contribution in [-0.2, 0) is 4.79 Å². The largest absolute Gasteiger partial charge is 0.484 e. The molecule has 30 heavy (non-hydrogen) atoms. The molecule has 1 amide bonds. The Bertz CT molecular complexity index is 898. The maximum Gasteiger partial charge on any atom is 0.335 e. The third kappa shape index (κ3) is 5.40. The molecule has 158 valence electrons. The summed E-state index contributed by atoms with van der Waals surface area (Å²) in [4.78, 5) is 27.2. The third-order valence-electron chi connectivity index (χ3n) is 5.21. The van der Waals surface area contributed by atoms with Gasteiger partial charge in [0.2, 0.25) is 5.91 Å². The summed E-state index contributed by atoms with van der Waals surface area (Å²) in [6.07, 6.45) is 1.08. The fraction of sp³-hybridized carbons (Fsp3) is 0.304. The van der Waals surface area contributed by atoms with E-state index in [1.54, 1.807) is 12.1 Å². The van der Waals surface area contributed by atoms with Gasteiger partial charge in [0.25, 0.3) is 0 Å². The Balaban J connectivity index is 1.75. The van der Waals surface area contributed by atoms with E-state index in [1.165, 1.54) is 18.2 Å². The van der Waals surface area contributed by atoms with Crippen molar-refractivity contribution in [2.24, 2.45) is 0 Å². The summed E-state index contributed by atoms with van der Waals surface area (Å²) < 4.78 is 6.23. The third-order valence-corrected chi connectivity index (χ3v) is 5.47. The van der Waals surface area contributed by atoms with Crippen LogP contribution in [0.25, 0.3) is 0 Å². The average molecular weight is 429 g/mol. The summed E-state index contributed by atoms with van der Waals surface area (Å²) in [5.41, 5.74) is 1.18. The zero-order chi connectivity index (χ0) is 21.7. The summed E-state index contributed by atoms with van der Waals surface area (Å²) in [7, 11) is 0. The highest BCUT2D eigenvalue weighted by atomic mass is 35.5. The lowest BCUT2D eigenvalue weighted by atomic mass is 10.1. The van der Waals surface area contributed by atoms with Gasteiger partial charge in [-0.3, -0.25) is 9.69 Å². The Morgan fingerprint density at radius 2 is 1.87 bits per heavy atom. The average Bonchev–Trinajstić information content (AvgIpc) is 2.74. The van der Waals surface area contributed by atoms with Gasteiger partial charge >= 0.3 is 5.97 Å². The lowest BCUT2D eigenvalue weighted by Crippen LogP contribution is -2.54. The molecule has 0 spiro atoms. The highest BCUT2D eigenvalue weighted by Crippen LogP contribution is 2.26. The van der Waals surface area contributed by atoms with E-state index in [4.69, 9.17) is 21.4 Å². The molecule has 1 aliphatic rings. The van der Waals surface area contributed by atoms with Crippen LogP contribution < -0.4 is 4.74 Å². The number of hydrogen-bond donors (Lipinski definition) is 1. The van der Waals surface area contributed by atoms with Crippen LogP contribution in [0.15, 0.2) is 61.2 Å². The van der Waals surface area contributed by atoms with Gasteiger partial charge in [-0.25, -0.2) is 4.79 Å². The topological polar surface area (TPSA) is 70.1 Å². The van der Waals surface area contributed by atoms with Crippen molar-refractivity contribution in [2.75, 3.05) is 26.2 Å². The maximum atomic E-state index is 12.0. The van der Waals surface area contributed by atoms with Crippen LogP contribution in [0.5, 0.6) is 5.75 Å². The number of benzene rings is 2. The number of amides is 1. The summed E-state index contributed by atoms with van der Waals surface area (Å²) in [6, 6.07) is 14.0. The molecule has 1 fully saturated rings. The zero-order valence-corrected chi connectivity index (χ0v) is 17.6. The standard InChI is InChI=1S/C23H25ClN2O4/c1-3-22(27)26-13-12-25(14-16(26)2)15-21(17-4-8-19(24)9-5-17)30-20-10-6-18(7-11-20)23(28)29/h3-11,16,21H,1,12-15H2,2H3,(H,28,29)/t16-,21?/m1/s1. The molecule has 2 aromatic carbocycles. The molecule has 0 radical (unpaired) electrons. The number of carboxylic acid groups (broad SMARTS) is 1. The van der Waals surface area contributed by atoms with E-state index in [-0.39, 0.29) is 23.6 Å². The smallest absolute Gasteiger partial charge is 0.335 e. The number of rotatable bonds is 7. The van der Waals surface area contributed by atoms with E-state index < -0.39 is 5.97 Å². The molecule has 0 bridgehead atoms. The van der Waals surface area contributed by atoms with Gasteiger partial charge in [-0.2, -0.15) is 0 Å². The maximum absolute atomic E-state index is 12.0. The lowest BCUT2D eigenvalue weighted by molar-refractivity contribution is -0.130. The second-order valence-electron chi connectivity index (χ2n) is 7.33. The monoisotopic (exact) mass is 428 g/mol. The van der Waals surface area contributed by atoms with Gasteiger partial charge in [0.15, 0.2) is 0 Å². The molecule has 1 heterocycles. The van der Waals surface area contributed by atoms with Crippen LogP contribution in [0.4, 0.5) is 0 Å². The molecule has 1 N–H and O–H groups in total. The van der Waals surface area contributed by atoms with Gasteiger partial charge in [0.1, 0.15) is 11.9 Å². The first-order valence-corrected chi connectivity index (χ1v) is 10.2. The Morgan fingerprint density at radius 1 is 1.20 bits per heavy atom. The number of carbonyl (C=O) groups is 2. The highest BCUT2D eigenvalue weighted by molar-refractivity contribution is 6.30. The van der Waals surface area contributed by atoms with Gasteiger partial charge in [-0.05, 0) is 55.0 Å². The predicted molar refractivity (Wildman–Crippen MR) is 116 cm³/mol. The molecule has 7 heteroatoms. The number of aromatic carboxylic acids is 1. The minimum Gasteiger partial charge on any atom is -0.484 e. The van der Waals surface area contributed by atoms with Crippen LogP contribution in [-0.4, -0.2) is 59.0 Å². The second kappa shape index (κ2) is 9.78. The molecule has 2 atom stereocenters. The van der Waals surface area contributed by atoms with Gasteiger partial charge < -0.3 is 14.7 Å². The molecule has 0 saturated carbocycles. The molecule has 0 aliphatic carbocycles. The Morgan fingerprint density at radius 3 is 2.43 bits per heavy atom. The molecular weight excluding hydrogens is 404 g/mol. The Hall–Kier alpha value is -2.83. The normalized spacial score (nSPS) is 17.9. The number of halogens is 1. The summed E-state index contributed by atoms with van der Waals surface area (Å²) in [6.45, 7) is 8.32. The van der Waals surface area contributed by atoms with E-state index in [1.807, 2.05) is 36.1 Å². The van der Waals surface area contributed by atoms with Crippen molar-refractivity contribution in [3.05, 3.63) is 77.3 Å². The first kappa shape index (κ1) is 21.9. The molecule has 1 aliphatic heterocycles. The highest BCUT2D eigenvalue weighted by Gasteiger charge is 2.28. The fourth-order valence-corrected chi connectivity index (χ4v) is 3.73. The van der Waals surface area contributed by atoms with Crippen molar-refractivity contribution in [3.63, 3.8) is 0 Å². The molecule has 0 aromatic heterocycles. The Kier molecular flexibility index (Phi) is 7.13. The van der Waals surface area contributed by atoms with Crippen LogP contribution in [0, 0.1) is 0 Å². The van der Waals surface area contributed by atoms with Crippen LogP contribution >= 0.6 is 11.6 Å². The molecule has 1 unspecified atom stereocenters. The van der Waals surface area contributed by atoms with Crippen molar-refractivity contribution < 1.29 is 19.4 Å². The summed E-state index contributed by atoms with van der Waals surface area (Å²) >= 11 is 6.04. The molecular formula is C23H25ClN2O4. The van der Waals surface area contributed by atoms with Crippen LogP contribution in [0.3, 0.4) is 0 Å². The van der Waals surface area contributed by atoms with E-state index in [9.17, 15) is 9.59 Å². The quantitative estimate of drug-likeness (QED) is 0.678. The lowest BCUT2D eigenvalue weighted by Gasteiger charge is -2.40. The van der Waals surface area contributed by atoms with Crippen LogP contribution in [0.2, 0.25) is 5.02 Å². The number of carboxylic acids is 1. The van der Waals surface area contributed by atoms with Gasteiger partial charge in [-0.15, -0.1) is 0 Å². The first-order chi connectivity index (χ1) is 14.4. The van der Waals surface area contributed by atoms with Crippen molar-refractivity contribution >= 4 is 23.5 Å². The number of nitrogens with zero attached hydrogens (tertiary/aromatic N) is 2. The summed E-state index contributed by atoms with van der Waals surface area (Å²) in [5, 5.41) is 9.73. The van der Waals surface area contributed by atoms with Gasteiger partial charge in [0, 0.05) is 37.2 Å². The number of carbonyl (C=O) groups excluding carboxylic acids is 1. The fourth-order valence-electron chi connectivity index (χ4n) is 3.61. The van der Waals surface area contributed by atoms with E-state index in [0.29, 0.717) is 23.9 Å². The minimum absolute atomic E-state index is 0.0498. The van der Waals surface area contributed by atoms with E-state index in [0.717, 1.165) is 18.7 Å². The predicted octanol–water partition coefficient (Wildman–Crippen LogP) is 3.88. The zero-order valence-electron chi connectivity index (χ0n) is 16.8. The van der Waals surface area contributed by atoms with Crippen molar-refractivity contribution in [1.29, 1.82) is 0 Å². The number of ether oxygens (including phenoxy) is 1. The van der Waals surface area contributed by atoms with Gasteiger partial charge in [-0.1, -0.05) is 30.3 Å². The van der Waals surface area contributed by atoms with E-state index >= 15 is 0 Å². The Labute approximate surface area is 181 Å². The number of piperazine rings is 1. The molecule has 1 saturated heterocycles. The van der Waals surface area contributed by atoms with Gasteiger partial charge in [0.05, 0.1) is 5.56 Å². The SMILES string of the molecule is C=CC(=O)N1CCN(CC(Oc2ccc(C(=O)O)cc2)c2ccc(Cl)cc2)C[C@H]1C. The molecule has 2 aromatic rings. The first-order valence-electron chi connectivity index (χ1n) is 9.78. The molecule has 6 nitrogen and oxygen atoms in total. The van der Waals surface area contributed by atoms with Crippen molar-refractivity contribution in [3.8, 4) is 5.75 Å². The van der Waals surface area contributed by atoms with Crippen LogP contribution in [0.1, 0.15) is 28.9 Å². The summed E-state index contributed by atoms with van der Waals surface area (Å²) in [5.74, 6) is -0.434. The second-order valence-corrected chi connectivity index (χ2v) is 7.77. The van der Waals surface area contributed by atoms with Crippen molar-refractivity contribution in [2.45, 2.75) is 19.1 Å². The van der Waals surface area contributed by atoms with Crippen molar-refractivity contribution in [1.82, 2.24) is 9.80 Å². The number of hydrogen-bond acceptors (Lipinski definition) is 4.